The lowest BCUT2D eigenvalue weighted by molar-refractivity contribution is -0.142. The van der Waals surface area contributed by atoms with E-state index in [9.17, 15) is 29.4 Å². The normalized spacial score (nSPS) is 17.8. The van der Waals surface area contributed by atoms with Crippen molar-refractivity contribution in [3.05, 3.63) is 178 Å². The van der Waals surface area contributed by atoms with Crippen LogP contribution in [0.3, 0.4) is 0 Å². The van der Waals surface area contributed by atoms with Crippen LogP contribution in [0.25, 0.3) is 22.3 Å². The monoisotopic (exact) mass is 940 g/mol. The van der Waals surface area contributed by atoms with Gasteiger partial charge >= 0.3 is 11.9 Å². The van der Waals surface area contributed by atoms with Crippen LogP contribution < -0.4 is 9.47 Å². The maximum atomic E-state index is 13.5. The molecule has 2 aliphatic rings. The van der Waals surface area contributed by atoms with Gasteiger partial charge < -0.3 is 29.5 Å². The van der Waals surface area contributed by atoms with Gasteiger partial charge in [-0.1, -0.05) is 134 Å². The molecule has 6 aromatic rings. The zero-order valence-electron chi connectivity index (χ0n) is 37.9. The van der Waals surface area contributed by atoms with E-state index in [1.54, 1.807) is 36.4 Å². The third kappa shape index (κ3) is 11.2. The average molecular weight is 942 g/mol. The Hall–Kier alpha value is -6.62. The Balaban J connectivity index is 0.000000199. The predicted molar refractivity (Wildman–Crippen MR) is 262 cm³/mol. The van der Waals surface area contributed by atoms with E-state index in [0.717, 1.165) is 44.9 Å². The second-order valence-corrected chi connectivity index (χ2v) is 18.2. The number of benzene rings is 6. The highest BCUT2D eigenvalue weighted by molar-refractivity contribution is 6.31. The molecule has 6 aromatic carbocycles. The number of nitrogens with zero attached hydrogens (tertiary/aromatic N) is 2. The van der Waals surface area contributed by atoms with Crippen LogP contribution in [0.4, 0.5) is 0 Å². The van der Waals surface area contributed by atoms with Crippen molar-refractivity contribution < 1.29 is 38.9 Å². The van der Waals surface area contributed by atoms with E-state index in [0.29, 0.717) is 59.4 Å². The first-order valence-electron chi connectivity index (χ1n) is 22.5. The number of likely N-dealkylation sites (tertiary alicyclic amines) is 2. The van der Waals surface area contributed by atoms with Crippen LogP contribution in [-0.4, -0.2) is 68.6 Å². The van der Waals surface area contributed by atoms with Gasteiger partial charge in [-0.15, -0.1) is 0 Å². The predicted octanol–water partition coefficient (Wildman–Crippen LogP) is 12.7. The highest BCUT2D eigenvalue weighted by atomic mass is 35.5. The summed E-state index contributed by atoms with van der Waals surface area (Å²) >= 11 is 12.8. The number of hydrogen-bond donors (Lipinski definition) is 2. The lowest BCUT2D eigenvalue weighted by atomic mass is 10.0. The summed E-state index contributed by atoms with van der Waals surface area (Å²) in [5.41, 5.74) is 6.14. The molecule has 4 atom stereocenters. The first-order valence-corrected chi connectivity index (χ1v) is 23.3. The van der Waals surface area contributed by atoms with Crippen LogP contribution in [0, 0.1) is 5.92 Å². The number of halogens is 2. The quantitative estimate of drug-likeness (QED) is 0.117. The summed E-state index contributed by atoms with van der Waals surface area (Å²) in [4.78, 5) is 53.9. The molecule has 0 radical (unpaired) electrons. The number of aliphatic carboxylic acids is 2. The smallest absolute Gasteiger partial charge is 0.326 e. The number of ether oxygens (including phenoxy) is 2. The Kier molecular flexibility index (Phi) is 15.7. The SMILES string of the molecule is CC(C)COc1ccccc1-c1ccc(C(=O)N2[C@@H](c3ccccc3Cl)CC[C@H]2C(=O)O)cc1.CC(C)Oc1ccccc1-c1ccc(C(=O)N2[C@@H](c3ccccc3Cl)CC[C@H]2C(=O)O)cc1. The Labute approximate surface area is 401 Å². The molecule has 2 fully saturated rings. The lowest BCUT2D eigenvalue weighted by Crippen LogP contribution is -2.41. The van der Waals surface area contributed by atoms with Crippen molar-refractivity contribution >= 4 is 47.0 Å². The van der Waals surface area contributed by atoms with E-state index in [4.69, 9.17) is 32.7 Å². The van der Waals surface area contributed by atoms with E-state index in [-0.39, 0.29) is 30.0 Å². The number of hydrogen-bond acceptors (Lipinski definition) is 6. The van der Waals surface area contributed by atoms with E-state index in [2.05, 4.69) is 13.8 Å². The maximum Gasteiger partial charge on any atom is 0.326 e. The second kappa shape index (κ2) is 21.8. The van der Waals surface area contributed by atoms with Crippen LogP contribution in [0.15, 0.2) is 146 Å². The van der Waals surface area contributed by atoms with Gasteiger partial charge in [0.05, 0.1) is 24.8 Å². The molecule has 0 aliphatic carbocycles. The molecule has 10 nitrogen and oxygen atoms in total. The molecule has 346 valence electrons. The van der Waals surface area contributed by atoms with Crippen molar-refractivity contribution in [3.63, 3.8) is 0 Å². The summed E-state index contributed by atoms with van der Waals surface area (Å²) in [5.74, 6) is -0.670. The fraction of sp³-hybridized carbons (Fsp3) is 0.273. The van der Waals surface area contributed by atoms with Crippen molar-refractivity contribution in [2.75, 3.05) is 6.61 Å². The number of rotatable bonds is 13. The fourth-order valence-electron chi connectivity index (χ4n) is 8.81. The van der Waals surface area contributed by atoms with Gasteiger partial charge in [-0.05, 0) is 116 Å². The molecule has 0 saturated carbocycles. The van der Waals surface area contributed by atoms with Crippen LogP contribution in [0.1, 0.15) is 97.3 Å². The summed E-state index contributed by atoms with van der Waals surface area (Å²) in [6.45, 7) is 8.76. The third-order valence-electron chi connectivity index (χ3n) is 11.9. The largest absolute Gasteiger partial charge is 0.493 e. The van der Waals surface area contributed by atoms with Crippen molar-refractivity contribution in [3.8, 4) is 33.8 Å². The van der Waals surface area contributed by atoms with E-state index < -0.39 is 24.0 Å². The molecule has 2 N–H and O–H groups in total. The first-order chi connectivity index (χ1) is 32.2. The standard InChI is InChI=1S/C28H28ClNO4.C27H26ClNO4/c1-18(2)17-34-26-10-6-4-7-21(26)19-11-13-20(14-12-19)27(31)30-24(15-16-25(30)28(32)33)22-8-3-5-9-23(22)29;1-17(2)33-25-10-6-4-7-20(25)18-11-13-19(14-12-18)26(30)29-23(15-16-24(29)27(31)32)21-8-3-5-9-22(21)28/h3-14,18,24-25H,15-17H2,1-2H3,(H,32,33);3-14,17,23-24H,15-16H2,1-2H3,(H,31,32)/t24-,25+;23-,24+/m11/s1. The topological polar surface area (TPSA) is 134 Å². The van der Waals surface area contributed by atoms with Gasteiger partial charge in [-0.2, -0.15) is 0 Å². The number of amides is 2. The van der Waals surface area contributed by atoms with Gasteiger partial charge in [-0.3, -0.25) is 9.59 Å². The number of carboxylic acid groups (broad SMARTS) is 2. The second-order valence-electron chi connectivity index (χ2n) is 17.4. The van der Waals surface area contributed by atoms with Gasteiger partial charge in [0.2, 0.25) is 0 Å². The van der Waals surface area contributed by atoms with Gasteiger partial charge in [0.25, 0.3) is 11.8 Å². The summed E-state index contributed by atoms with van der Waals surface area (Å²) in [6.07, 6.45) is 1.90. The molecule has 0 aromatic heterocycles. The Morgan fingerprint density at radius 1 is 0.537 bits per heavy atom. The molecular formula is C55H54Cl2N2O8. The molecule has 2 saturated heterocycles. The minimum absolute atomic E-state index is 0.0388. The minimum atomic E-state index is -1.01. The van der Waals surface area contributed by atoms with Gasteiger partial charge in [-0.25, -0.2) is 9.59 Å². The molecule has 8 rings (SSSR count). The Bertz CT molecular complexity index is 2700. The molecule has 2 aliphatic heterocycles. The third-order valence-corrected chi connectivity index (χ3v) is 12.6. The van der Waals surface area contributed by atoms with Crippen molar-refractivity contribution in [1.29, 1.82) is 0 Å². The Morgan fingerprint density at radius 2 is 0.925 bits per heavy atom. The summed E-state index contributed by atoms with van der Waals surface area (Å²) in [7, 11) is 0. The average Bonchev–Trinajstić information content (AvgIpc) is 3.98. The zero-order chi connectivity index (χ0) is 47.8. The van der Waals surface area contributed by atoms with E-state index >= 15 is 0 Å². The lowest BCUT2D eigenvalue weighted by Gasteiger charge is -2.29. The highest BCUT2D eigenvalue weighted by Gasteiger charge is 2.44. The van der Waals surface area contributed by atoms with Crippen molar-refractivity contribution in [2.24, 2.45) is 5.92 Å². The molecule has 0 spiro atoms. The van der Waals surface area contributed by atoms with Gasteiger partial charge in [0.15, 0.2) is 0 Å². The van der Waals surface area contributed by atoms with Gasteiger partial charge in [0, 0.05) is 32.3 Å². The van der Waals surface area contributed by atoms with Crippen molar-refractivity contribution in [2.45, 2.75) is 83.6 Å². The maximum absolute atomic E-state index is 13.5. The molecule has 2 amide bonds. The van der Waals surface area contributed by atoms with Crippen LogP contribution >= 0.6 is 23.2 Å². The van der Waals surface area contributed by atoms with Crippen LogP contribution in [-0.2, 0) is 9.59 Å². The molecule has 0 bridgehead atoms. The Morgan fingerprint density at radius 3 is 1.33 bits per heavy atom. The molecule has 67 heavy (non-hydrogen) atoms. The van der Waals surface area contributed by atoms with E-state index in [1.165, 1.54) is 9.80 Å². The first kappa shape index (κ1) is 48.3. The summed E-state index contributed by atoms with van der Waals surface area (Å²) in [6, 6.07) is 42.1. The number of carbonyl (C=O) groups is 4. The number of carbonyl (C=O) groups excluding carboxylic acids is 2. The number of carboxylic acids is 2. The minimum Gasteiger partial charge on any atom is -0.493 e. The summed E-state index contributed by atoms with van der Waals surface area (Å²) < 4.78 is 11.9. The van der Waals surface area contributed by atoms with Crippen molar-refractivity contribution in [1.82, 2.24) is 9.80 Å². The highest BCUT2D eigenvalue weighted by Crippen LogP contribution is 2.42. The fourth-order valence-corrected chi connectivity index (χ4v) is 9.33. The zero-order valence-corrected chi connectivity index (χ0v) is 39.4. The molecule has 0 unspecified atom stereocenters. The molecule has 2 heterocycles. The number of para-hydroxylation sites is 2. The molecule has 12 heteroatoms. The van der Waals surface area contributed by atoms with Crippen LogP contribution in [0.5, 0.6) is 11.5 Å². The van der Waals surface area contributed by atoms with Gasteiger partial charge in [0.1, 0.15) is 23.6 Å². The molecular weight excluding hydrogens is 888 g/mol. The summed E-state index contributed by atoms with van der Waals surface area (Å²) in [5, 5.41) is 20.6. The van der Waals surface area contributed by atoms with E-state index in [1.807, 2.05) is 123 Å². The van der Waals surface area contributed by atoms with Crippen LogP contribution in [0.2, 0.25) is 10.0 Å².